The van der Waals surface area contributed by atoms with Crippen LogP contribution in [0.25, 0.3) is 21.3 Å². The molecule has 4 aromatic rings. The van der Waals surface area contributed by atoms with E-state index in [1.807, 2.05) is 54.7 Å². The van der Waals surface area contributed by atoms with Gasteiger partial charge in [0.25, 0.3) is 5.91 Å². The maximum atomic E-state index is 12.2. The molecule has 1 fully saturated rings. The second-order valence-corrected chi connectivity index (χ2v) is 8.85. The van der Waals surface area contributed by atoms with E-state index in [-0.39, 0.29) is 6.10 Å². The monoisotopic (exact) mass is 448 g/mol. The van der Waals surface area contributed by atoms with Gasteiger partial charge in [-0.2, -0.15) is 5.10 Å². The first kappa shape index (κ1) is 20.7. The molecule has 0 unspecified atom stereocenters. The van der Waals surface area contributed by atoms with Gasteiger partial charge in [0.15, 0.2) is 0 Å². The van der Waals surface area contributed by atoms with E-state index in [2.05, 4.69) is 15.1 Å². The van der Waals surface area contributed by atoms with Gasteiger partial charge < -0.3 is 15.2 Å². The summed E-state index contributed by atoms with van der Waals surface area (Å²) in [5.74, 6) is 0.414. The summed E-state index contributed by atoms with van der Waals surface area (Å²) < 4.78 is 12.4. The molecule has 32 heavy (non-hydrogen) atoms. The largest absolute Gasteiger partial charge is 0.497 e. The van der Waals surface area contributed by atoms with E-state index in [9.17, 15) is 4.79 Å². The number of carbonyl (C=O) groups excluding carboxylic acids is 1. The highest BCUT2D eigenvalue weighted by Crippen LogP contribution is 2.38. The van der Waals surface area contributed by atoms with Gasteiger partial charge in [-0.1, -0.05) is 18.2 Å². The summed E-state index contributed by atoms with van der Waals surface area (Å²) in [6, 6.07) is 15.9. The Morgan fingerprint density at radius 1 is 1.28 bits per heavy atom. The van der Waals surface area contributed by atoms with E-state index in [4.69, 9.17) is 15.2 Å². The van der Waals surface area contributed by atoms with Crippen LogP contribution in [0.5, 0.6) is 5.75 Å². The molecular weight excluding hydrogens is 424 g/mol. The van der Waals surface area contributed by atoms with E-state index in [1.165, 1.54) is 11.3 Å². The number of benzene rings is 2. The average Bonchev–Trinajstić information content (AvgIpc) is 3.44. The lowest BCUT2D eigenvalue weighted by atomic mass is 10.0. The summed E-state index contributed by atoms with van der Waals surface area (Å²) in [5.41, 5.74) is 9.79. The molecule has 164 valence electrons. The SMILES string of the molecule is COc1ccc(-c2[nH]ncc2CN2CCO[C@H](c3c(C(N)=O)sc4ccccc34)C2)cc1. The van der Waals surface area contributed by atoms with Crippen molar-refractivity contribution >= 4 is 27.3 Å². The number of nitrogens with zero attached hydrogens (tertiary/aromatic N) is 2. The van der Waals surface area contributed by atoms with Crippen LogP contribution in [0.2, 0.25) is 0 Å². The fourth-order valence-electron chi connectivity index (χ4n) is 4.27. The van der Waals surface area contributed by atoms with Crippen molar-refractivity contribution in [2.45, 2.75) is 12.6 Å². The van der Waals surface area contributed by atoms with Crippen LogP contribution in [0, 0.1) is 0 Å². The third-order valence-corrected chi connectivity index (χ3v) is 7.02. The lowest BCUT2D eigenvalue weighted by Gasteiger charge is -2.33. The Hall–Kier alpha value is -3.20. The van der Waals surface area contributed by atoms with Gasteiger partial charge in [-0.15, -0.1) is 11.3 Å². The standard InChI is InChI=1S/C24H24N4O3S/c1-30-17-8-6-15(7-9-17)22-16(12-26-27-22)13-28-10-11-31-19(14-28)21-18-4-2-3-5-20(18)32-23(21)24(25)29/h2-9,12,19H,10-11,13-14H2,1H3,(H2,25,29)(H,26,27)/t19-/m0/s1. The predicted molar refractivity (Wildman–Crippen MR) is 125 cm³/mol. The third kappa shape index (κ3) is 3.88. The predicted octanol–water partition coefficient (Wildman–Crippen LogP) is 3.97. The number of hydrogen-bond acceptors (Lipinski definition) is 6. The van der Waals surface area contributed by atoms with E-state index < -0.39 is 5.91 Å². The smallest absolute Gasteiger partial charge is 0.259 e. The minimum Gasteiger partial charge on any atom is -0.497 e. The number of thiophene rings is 1. The van der Waals surface area contributed by atoms with Crippen molar-refractivity contribution in [3.05, 3.63) is 70.7 Å². The maximum Gasteiger partial charge on any atom is 0.259 e. The van der Waals surface area contributed by atoms with Crippen LogP contribution in [0.1, 0.15) is 26.9 Å². The van der Waals surface area contributed by atoms with Crippen molar-refractivity contribution in [3.63, 3.8) is 0 Å². The second-order valence-electron chi connectivity index (χ2n) is 7.80. The van der Waals surface area contributed by atoms with Crippen molar-refractivity contribution in [3.8, 4) is 17.0 Å². The topological polar surface area (TPSA) is 93.5 Å². The minimum atomic E-state index is -0.404. The molecule has 0 saturated carbocycles. The number of aromatic nitrogens is 2. The first-order valence-corrected chi connectivity index (χ1v) is 11.3. The molecule has 0 radical (unpaired) electrons. The number of amides is 1. The summed E-state index contributed by atoms with van der Waals surface area (Å²) in [4.78, 5) is 15.1. The first-order chi connectivity index (χ1) is 15.6. The van der Waals surface area contributed by atoms with Crippen LogP contribution in [0.4, 0.5) is 0 Å². The molecule has 8 heteroatoms. The molecular formula is C24H24N4O3S. The number of H-pyrrole nitrogens is 1. The molecule has 1 amide bonds. The molecule has 7 nitrogen and oxygen atoms in total. The summed E-state index contributed by atoms with van der Waals surface area (Å²) in [7, 11) is 1.66. The molecule has 1 saturated heterocycles. The zero-order chi connectivity index (χ0) is 22.1. The molecule has 0 spiro atoms. The number of ether oxygens (including phenoxy) is 2. The molecule has 5 rings (SSSR count). The van der Waals surface area contributed by atoms with Crippen LogP contribution in [-0.2, 0) is 11.3 Å². The van der Waals surface area contributed by atoms with Crippen LogP contribution in [0.3, 0.4) is 0 Å². The van der Waals surface area contributed by atoms with Crippen LogP contribution in [0.15, 0.2) is 54.7 Å². The molecule has 3 heterocycles. The van der Waals surface area contributed by atoms with Gasteiger partial charge in [-0.25, -0.2) is 0 Å². The Labute approximate surface area is 189 Å². The summed E-state index contributed by atoms with van der Waals surface area (Å²) in [6.45, 7) is 2.79. The molecule has 1 atom stereocenters. The fourth-order valence-corrected chi connectivity index (χ4v) is 5.37. The molecule has 1 aliphatic heterocycles. The number of carbonyl (C=O) groups is 1. The third-order valence-electron chi connectivity index (χ3n) is 5.82. The fraction of sp³-hybridized carbons (Fsp3) is 0.250. The van der Waals surface area contributed by atoms with Crippen molar-refractivity contribution in [1.82, 2.24) is 15.1 Å². The number of nitrogens with two attached hydrogens (primary N) is 1. The van der Waals surface area contributed by atoms with Gasteiger partial charge in [-0.3, -0.25) is 14.8 Å². The number of hydrogen-bond donors (Lipinski definition) is 2. The Kier molecular flexibility index (Phi) is 5.65. The highest BCUT2D eigenvalue weighted by molar-refractivity contribution is 7.21. The Morgan fingerprint density at radius 2 is 2.09 bits per heavy atom. The number of methoxy groups -OCH3 is 1. The molecule has 2 aromatic carbocycles. The highest BCUT2D eigenvalue weighted by atomic mass is 32.1. The van der Waals surface area contributed by atoms with Crippen molar-refractivity contribution in [2.75, 3.05) is 26.8 Å². The maximum absolute atomic E-state index is 12.2. The van der Waals surface area contributed by atoms with Gasteiger partial charge in [0.2, 0.25) is 0 Å². The lowest BCUT2D eigenvalue weighted by Crippen LogP contribution is -2.38. The second kappa shape index (κ2) is 8.74. The number of morpholine rings is 1. The van der Waals surface area contributed by atoms with Crippen molar-refractivity contribution < 1.29 is 14.3 Å². The Bertz CT molecular complexity index is 1250. The molecule has 0 bridgehead atoms. The molecule has 2 aromatic heterocycles. The summed E-state index contributed by atoms with van der Waals surface area (Å²) in [5, 5.41) is 8.45. The van der Waals surface area contributed by atoms with E-state index in [1.54, 1.807) is 7.11 Å². The number of aromatic amines is 1. The van der Waals surface area contributed by atoms with E-state index in [0.29, 0.717) is 18.0 Å². The van der Waals surface area contributed by atoms with Crippen LogP contribution in [-0.4, -0.2) is 47.8 Å². The van der Waals surface area contributed by atoms with Gasteiger partial charge in [-0.05, 0) is 35.7 Å². The molecule has 0 aliphatic carbocycles. The van der Waals surface area contributed by atoms with Crippen molar-refractivity contribution in [2.24, 2.45) is 5.73 Å². The summed E-state index contributed by atoms with van der Waals surface area (Å²) >= 11 is 1.44. The van der Waals surface area contributed by atoms with Gasteiger partial charge in [0.05, 0.1) is 36.6 Å². The minimum absolute atomic E-state index is 0.210. The Morgan fingerprint density at radius 3 is 2.88 bits per heavy atom. The van der Waals surface area contributed by atoms with Crippen LogP contribution < -0.4 is 10.5 Å². The number of primary amides is 1. The normalized spacial score (nSPS) is 17.0. The summed E-state index contributed by atoms with van der Waals surface area (Å²) in [6.07, 6.45) is 1.66. The zero-order valence-corrected chi connectivity index (χ0v) is 18.5. The number of rotatable bonds is 6. The van der Waals surface area contributed by atoms with Crippen LogP contribution >= 0.6 is 11.3 Å². The first-order valence-electron chi connectivity index (χ1n) is 10.5. The quantitative estimate of drug-likeness (QED) is 0.466. The zero-order valence-electron chi connectivity index (χ0n) is 17.7. The Balaban J connectivity index is 1.40. The van der Waals surface area contributed by atoms with Gasteiger partial charge in [0, 0.05) is 41.0 Å². The molecule has 3 N–H and O–H groups in total. The van der Waals surface area contributed by atoms with E-state index >= 15 is 0 Å². The lowest BCUT2D eigenvalue weighted by molar-refractivity contribution is -0.0322. The number of nitrogens with one attached hydrogen (secondary N) is 1. The van der Waals surface area contributed by atoms with Gasteiger partial charge in [0.1, 0.15) is 5.75 Å². The molecule has 1 aliphatic rings. The number of fused-ring (bicyclic) bond motifs is 1. The highest BCUT2D eigenvalue weighted by Gasteiger charge is 2.29. The van der Waals surface area contributed by atoms with Gasteiger partial charge >= 0.3 is 0 Å². The van der Waals surface area contributed by atoms with Crippen molar-refractivity contribution in [1.29, 1.82) is 0 Å². The average molecular weight is 449 g/mol. The van der Waals surface area contributed by atoms with E-state index in [0.717, 1.165) is 51.3 Å².